The standard InChI is InChI=1S/C19H21N3O4S/c1-12-5-3-6-15(13(12)2)21-16(23)10-26-18(25)9-14-11-27-19(20-14)22-8-4-7-17(22)24/h3,5-6,11H,4,7-10H2,1-2H3,(H,21,23). The van der Waals surface area contributed by atoms with Crippen LogP contribution in [0.25, 0.3) is 0 Å². The number of aromatic nitrogens is 1. The molecule has 2 amide bonds. The monoisotopic (exact) mass is 387 g/mol. The highest BCUT2D eigenvalue weighted by Gasteiger charge is 2.24. The lowest BCUT2D eigenvalue weighted by atomic mass is 10.1. The van der Waals surface area contributed by atoms with Crippen molar-refractivity contribution in [2.24, 2.45) is 0 Å². The first-order valence-corrected chi connectivity index (χ1v) is 9.58. The Morgan fingerprint density at radius 2 is 2.15 bits per heavy atom. The number of nitrogens with one attached hydrogen (secondary N) is 1. The molecule has 0 radical (unpaired) electrons. The van der Waals surface area contributed by atoms with Crippen LogP contribution in [0.5, 0.6) is 0 Å². The molecule has 0 bridgehead atoms. The molecule has 1 aromatic heterocycles. The molecule has 7 nitrogen and oxygen atoms in total. The Labute approximate surface area is 161 Å². The third kappa shape index (κ3) is 4.71. The topological polar surface area (TPSA) is 88.6 Å². The number of ether oxygens (including phenoxy) is 1. The molecule has 1 aliphatic rings. The summed E-state index contributed by atoms with van der Waals surface area (Å²) >= 11 is 1.33. The Balaban J connectivity index is 1.48. The van der Waals surface area contributed by atoms with Gasteiger partial charge in [0.1, 0.15) is 0 Å². The van der Waals surface area contributed by atoms with Gasteiger partial charge >= 0.3 is 5.97 Å². The lowest BCUT2D eigenvalue weighted by Gasteiger charge is -2.11. The van der Waals surface area contributed by atoms with Gasteiger partial charge in [0.15, 0.2) is 11.7 Å². The van der Waals surface area contributed by atoms with Crippen LogP contribution in [0.2, 0.25) is 0 Å². The van der Waals surface area contributed by atoms with Crippen LogP contribution in [0.3, 0.4) is 0 Å². The Morgan fingerprint density at radius 1 is 1.33 bits per heavy atom. The van der Waals surface area contributed by atoms with Crippen LogP contribution < -0.4 is 10.2 Å². The van der Waals surface area contributed by atoms with Crippen LogP contribution >= 0.6 is 11.3 Å². The zero-order valence-electron chi connectivity index (χ0n) is 15.3. The number of carbonyl (C=O) groups is 3. The number of aryl methyl sites for hydroxylation is 1. The first-order valence-electron chi connectivity index (χ1n) is 8.70. The van der Waals surface area contributed by atoms with Gasteiger partial charge < -0.3 is 10.1 Å². The van der Waals surface area contributed by atoms with Crippen LogP contribution in [0, 0.1) is 13.8 Å². The van der Waals surface area contributed by atoms with Crippen molar-refractivity contribution in [3.8, 4) is 0 Å². The number of carbonyl (C=O) groups excluding carboxylic acids is 3. The summed E-state index contributed by atoms with van der Waals surface area (Å²) < 4.78 is 5.04. The van der Waals surface area contributed by atoms with Crippen molar-refractivity contribution < 1.29 is 19.1 Å². The second kappa shape index (κ2) is 8.30. The van der Waals surface area contributed by atoms with Gasteiger partial charge in [-0.05, 0) is 37.5 Å². The van der Waals surface area contributed by atoms with Gasteiger partial charge in [-0.1, -0.05) is 12.1 Å². The van der Waals surface area contributed by atoms with Gasteiger partial charge in [-0.15, -0.1) is 11.3 Å². The minimum absolute atomic E-state index is 0.0325. The lowest BCUT2D eigenvalue weighted by molar-refractivity contribution is -0.146. The Kier molecular flexibility index (Phi) is 5.85. The molecular weight excluding hydrogens is 366 g/mol. The van der Waals surface area contributed by atoms with Crippen LogP contribution in [-0.4, -0.2) is 35.9 Å². The molecule has 1 aromatic carbocycles. The largest absolute Gasteiger partial charge is 0.455 e. The maximum Gasteiger partial charge on any atom is 0.312 e. The summed E-state index contributed by atoms with van der Waals surface area (Å²) in [6, 6.07) is 5.62. The summed E-state index contributed by atoms with van der Waals surface area (Å²) in [5.41, 5.74) is 3.29. The number of esters is 1. The molecule has 1 fully saturated rings. The molecule has 2 aromatic rings. The van der Waals surface area contributed by atoms with Gasteiger partial charge in [0.2, 0.25) is 5.91 Å². The number of amides is 2. The van der Waals surface area contributed by atoms with E-state index < -0.39 is 11.9 Å². The van der Waals surface area contributed by atoms with Crippen molar-refractivity contribution in [3.63, 3.8) is 0 Å². The molecule has 142 valence electrons. The second-order valence-electron chi connectivity index (χ2n) is 6.40. The number of hydrogen-bond donors (Lipinski definition) is 1. The van der Waals surface area contributed by atoms with E-state index in [1.54, 1.807) is 16.3 Å². The number of nitrogens with zero attached hydrogens (tertiary/aromatic N) is 2. The van der Waals surface area contributed by atoms with E-state index in [2.05, 4.69) is 10.3 Å². The second-order valence-corrected chi connectivity index (χ2v) is 7.24. The van der Waals surface area contributed by atoms with E-state index in [1.807, 2.05) is 26.0 Å². The Hall–Kier alpha value is -2.74. The van der Waals surface area contributed by atoms with Gasteiger partial charge in [-0.25, -0.2) is 4.98 Å². The number of anilines is 2. The van der Waals surface area contributed by atoms with Crippen molar-refractivity contribution in [1.29, 1.82) is 0 Å². The zero-order chi connectivity index (χ0) is 19.4. The normalized spacial score (nSPS) is 13.7. The maximum atomic E-state index is 12.0. The molecule has 1 N–H and O–H groups in total. The molecular formula is C19H21N3O4S. The van der Waals surface area contributed by atoms with E-state index in [0.717, 1.165) is 17.5 Å². The fourth-order valence-corrected chi connectivity index (χ4v) is 3.64. The van der Waals surface area contributed by atoms with Gasteiger partial charge in [0.25, 0.3) is 5.91 Å². The summed E-state index contributed by atoms with van der Waals surface area (Å²) in [4.78, 5) is 41.7. The summed E-state index contributed by atoms with van der Waals surface area (Å²) in [6.07, 6.45) is 1.33. The van der Waals surface area contributed by atoms with Crippen LogP contribution in [0.4, 0.5) is 10.8 Å². The highest BCUT2D eigenvalue weighted by atomic mass is 32.1. The quantitative estimate of drug-likeness (QED) is 0.770. The maximum absolute atomic E-state index is 12.0. The van der Waals surface area contributed by atoms with Crippen molar-refractivity contribution >= 4 is 39.9 Å². The Morgan fingerprint density at radius 3 is 2.89 bits per heavy atom. The molecule has 2 heterocycles. The smallest absolute Gasteiger partial charge is 0.312 e. The Bertz CT molecular complexity index is 878. The van der Waals surface area contributed by atoms with Crippen molar-refractivity contribution in [3.05, 3.63) is 40.4 Å². The van der Waals surface area contributed by atoms with Crippen molar-refractivity contribution in [2.45, 2.75) is 33.1 Å². The summed E-state index contributed by atoms with van der Waals surface area (Å²) in [6.45, 7) is 4.19. The van der Waals surface area contributed by atoms with Crippen molar-refractivity contribution in [1.82, 2.24) is 4.98 Å². The lowest BCUT2D eigenvalue weighted by Crippen LogP contribution is -2.23. The zero-order valence-corrected chi connectivity index (χ0v) is 16.1. The molecule has 27 heavy (non-hydrogen) atoms. The number of rotatable bonds is 6. The van der Waals surface area contributed by atoms with E-state index in [1.165, 1.54) is 11.3 Å². The third-order valence-corrected chi connectivity index (χ3v) is 5.32. The molecule has 0 unspecified atom stereocenters. The summed E-state index contributed by atoms with van der Waals surface area (Å²) in [5.74, 6) is -0.865. The first kappa shape index (κ1) is 19.0. The number of benzene rings is 1. The molecule has 1 saturated heterocycles. The van der Waals surface area contributed by atoms with Crippen LogP contribution in [-0.2, 0) is 25.5 Å². The molecule has 0 aliphatic carbocycles. The number of hydrogen-bond acceptors (Lipinski definition) is 6. The average Bonchev–Trinajstić information content (AvgIpc) is 3.26. The minimum Gasteiger partial charge on any atom is -0.455 e. The number of thiazole rings is 1. The predicted molar refractivity (Wildman–Crippen MR) is 103 cm³/mol. The van der Waals surface area contributed by atoms with E-state index in [0.29, 0.717) is 29.5 Å². The fourth-order valence-electron chi connectivity index (χ4n) is 2.77. The molecule has 0 atom stereocenters. The van der Waals surface area contributed by atoms with E-state index in [4.69, 9.17) is 4.74 Å². The van der Waals surface area contributed by atoms with Crippen LogP contribution in [0.15, 0.2) is 23.6 Å². The van der Waals surface area contributed by atoms with Gasteiger partial charge in [-0.3, -0.25) is 19.3 Å². The molecule has 8 heteroatoms. The van der Waals surface area contributed by atoms with E-state index in [-0.39, 0.29) is 18.9 Å². The fraction of sp³-hybridized carbons (Fsp3) is 0.368. The SMILES string of the molecule is Cc1cccc(NC(=O)COC(=O)Cc2csc(N3CCCC3=O)n2)c1C. The van der Waals surface area contributed by atoms with E-state index in [9.17, 15) is 14.4 Å². The summed E-state index contributed by atoms with van der Waals surface area (Å²) in [5, 5.41) is 5.08. The van der Waals surface area contributed by atoms with Gasteiger partial charge in [0, 0.05) is 24.0 Å². The highest BCUT2D eigenvalue weighted by molar-refractivity contribution is 7.14. The van der Waals surface area contributed by atoms with Crippen molar-refractivity contribution in [2.75, 3.05) is 23.4 Å². The molecule has 0 saturated carbocycles. The first-order chi connectivity index (χ1) is 12.9. The van der Waals surface area contributed by atoms with Crippen LogP contribution in [0.1, 0.15) is 29.7 Å². The molecule has 3 rings (SSSR count). The third-order valence-electron chi connectivity index (χ3n) is 4.41. The average molecular weight is 387 g/mol. The predicted octanol–water partition coefficient (Wildman–Crippen LogP) is 2.61. The highest BCUT2D eigenvalue weighted by Crippen LogP contribution is 2.25. The summed E-state index contributed by atoms with van der Waals surface area (Å²) in [7, 11) is 0. The molecule has 1 aliphatic heterocycles. The van der Waals surface area contributed by atoms with Gasteiger partial charge in [-0.2, -0.15) is 0 Å². The van der Waals surface area contributed by atoms with Gasteiger partial charge in [0.05, 0.1) is 12.1 Å². The minimum atomic E-state index is -0.532. The molecule has 0 spiro atoms. The van der Waals surface area contributed by atoms with E-state index >= 15 is 0 Å².